The first kappa shape index (κ1) is 20.4. The van der Waals surface area contributed by atoms with Crippen LogP contribution in [0.25, 0.3) is 0 Å². The Labute approximate surface area is 189 Å². The molecule has 5 rings (SSSR count). The van der Waals surface area contributed by atoms with Crippen LogP contribution in [-0.2, 0) is 6.42 Å². The molecule has 6 atom stereocenters. The van der Waals surface area contributed by atoms with Gasteiger partial charge in [-0.05, 0) is 104 Å². The van der Waals surface area contributed by atoms with E-state index in [1.165, 1.54) is 55.3 Å². The second-order valence-electron chi connectivity index (χ2n) is 10.2. The highest BCUT2D eigenvalue weighted by Gasteiger charge is 2.54. The zero-order valence-electron chi connectivity index (χ0n) is 18.5. The largest absolute Gasteiger partial charge is 0.497 e. The van der Waals surface area contributed by atoms with E-state index in [0.717, 1.165) is 23.5 Å². The maximum Gasteiger partial charge on any atom is 0.119 e. The summed E-state index contributed by atoms with van der Waals surface area (Å²) in [7, 11) is 1.78. The normalized spacial score (nSPS) is 35.0. The van der Waals surface area contributed by atoms with Crippen molar-refractivity contribution in [1.29, 1.82) is 0 Å². The number of anilines is 1. The number of benzene rings is 2. The van der Waals surface area contributed by atoms with E-state index in [4.69, 9.17) is 4.74 Å². The predicted octanol–water partition coefficient (Wildman–Crippen LogP) is 7.10. The van der Waals surface area contributed by atoms with Crippen molar-refractivity contribution in [3.05, 3.63) is 59.2 Å². The monoisotopic (exact) mass is 467 g/mol. The molecule has 0 spiro atoms. The molecule has 3 aliphatic rings. The van der Waals surface area contributed by atoms with Crippen LogP contribution >= 0.6 is 15.9 Å². The average Bonchev–Trinajstić information content (AvgIpc) is 2.75. The molecule has 3 aliphatic carbocycles. The van der Waals surface area contributed by atoms with Crippen LogP contribution in [0.4, 0.5) is 5.69 Å². The summed E-state index contributed by atoms with van der Waals surface area (Å²) in [5.41, 5.74) is 6.09. The van der Waals surface area contributed by atoms with Crippen molar-refractivity contribution in [3.8, 4) is 5.75 Å². The first-order chi connectivity index (χ1) is 14.5. The second-order valence-corrected chi connectivity index (χ2v) is 11.5. The Morgan fingerprint density at radius 3 is 2.63 bits per heavy atom. The molecule has 0 unspecified atom stereocenters. The highest BCUT2D eigenvalue weighted by Crippen LogP contribution is 2.60. The molecule has 2 nitrogen and oxygen atoms in total. The summed E-state index contributed by atoms with van der Waals surface area (Å²) in [5, 5.41) is 3.96. The van der Waals surface area contributed by atoms with Gasteiger partial charge in [0, 0.05) is 16.6 Å². The van der Waals surface area contributed by atoms with Crippen molar-refractivity contribution >= 4 is 21.6 Å². The standard InChI is InChI=1S/C27H34BrNO/c1-17-4-7-20(8-5-17)29-26-16-19(28)15-25-24-10-6-18-14-21(30-3)9-11-22(18)23(24)12-13-27(25,26)2/h4-5,7-9,11,14,19,23-26,29H,6,10,12-13,15-16H2,1-3H3/t19-,23+,24+,25-,26-,27-/m0/s1. The molecule has 0 bridgehead atoms. The first-order valence-electron chi connectivity index (χ1n) is 11.6. The fraction of sp³-hybridized carbons (Fsp3) is 0.556. The zero-order valence-corrected chi connectivity index (χ0v) is 20.0. The fourth-order valence-electron chi connectivity index (χ4n) is 6.88. The van der Waals surface area contributed by atoms with E-state index in [1.807, 2.05) is 0 Å². The number of aryl methyl sites for hydroxylation is 2. The van der Waals surface area contributed by atoms with Gasteiger partial charge >= 0.3 is 0 Å². The van der Waals surface area contributed by atoms with Crippen LogP contribution in [0.15, 0.2) is 42.5 Å². The molecule has 3 heteroatoms. The number of halogens is 1. The van der Waals surface area contributed by atoms with Gasteiger partial charge in [-0.15, -0.1) is 0 Å². The van der Waals surface area contributed by atoms with E-state index >= 15 is 0 Å². The third-order valence-corrected chi connectivity index (χ3v) is 9.31. The summed E-state index contributed by atoms with van der Waals surface area (Å²) < 4.78 is 5.50. The van der Waals surface area contributed by atoms with Gasteiger partial charge in [-0.1, -0.05) is 46.6 Å². The van der Waals surface area contributed by atoms with Crippen LogP contribution in [0.3, 0.4) is 0 Å². The number of methoxy groups -OCH3 is 1. The third-order valence-electron chi connectivity index (χ3n) is 8.56. The van der Waals surface area contributed by atoms with Gasteiger partial charge in [0.05, 0.1) is 7.11 Å². The number of hydrogen-bond donors (Lipinski definition) is 1. The van der Waals surface area contributed by atoms with Crippen molar-refractivity contribution in [3.63, 3.8) is 0 Å². The van der Waals surface area contributed by atoms with Crippen molar-refractivity contribution in [2.45, 2.75) is 69.2 Å². The zero-order chi connectivity index (χ0) is 20.9. The van der Waals surface area contributed by atoms with E-state index in [9.17, 15) is 0 Å². The van der Waals surface area contributed by atoms with Gasteiger partial charge in [0.2, 0.25) is 0 Å². The molecule has 0 saturated heterocycles. The average molecular weight is 468 g/mol. The van der Waals surface area contributed by atoms with E-state index in [-0.39, 0.29) is 0 Å². The van der Waals surface area contributed by atoms with Gasteiger partial charge in [-0.25, -0.2) is 0 Å². The molecule has 0 radical (unpaired) electrons. The molecule has 0 aliphatic heterocycles. The predicted molar refractivity (Wildman–Crippen MR) is 129 cm³/mol. The first-order valence-corrected chi connectivity index (χ1v) is 12.5. The van der Waals surface area contributed by atoms with E-state index < -0.39 is 0 Å². The number of fused-ring (bicyclic) bond motifs is 5. The summed E-state index contributed by atoms with van der Waals surface area (Å²) in [6, 6.07) is 16.3. The Morgan fingerprint density at radius 2 is 1.87 bits per heavy atom. The number of nitrogens with one attached hydrogen (secondary N) is 1. The Kier molecular flexibility index (Phi) is 5.37. The molecule has 30 heavy (non-hydrogen) atoms. The number of ether oxygens (including phenoxy) is 1. The molecule has 0 heterocycles. The van der Waals surface area contributed by atoms with Crippen LogP contribution in [0.1, 0.15) is 61.6 Å². The van der Waals surface area contributed by atoms with Crippen molar-refractivity contribution < 1.29 is 4.74 Å². The van der Waals surface area contributed by atoms with Gasteiger partial charge in [0.1, 0.15) is 5.75 Å². The molecule has 2 aromatic carbocycles. The molecule has 0 amide bonds. The molecule has 160 valence electrons. The number of rotatable bonds is 3. The SMILES string of the molecule is COc1ccc2c(c1)CC[C@@H]1[C@@H]2CC[C@]2(C)[C@@H](Nc3ccc(C)cc3)C[C@@H](Br)C[C@@H]12. The molecular weight excluding hydrogens is 434 g/mol. The quantitative estimate of drug-likeness (QED) is 0.485. The Bertz CT molecular complexity index is 910. The van der Waals surface area contributed by atoms with E-state index in [0.29, 0.717) is 16.3 Å². The smallest absolute Gasteiger partial charge is 0.119 e. The van der Waals surface area contributed by atoms with E-state index in [2.05, 4.69) is 77.6 Å². The molecule has 0 aromatic heterocycles. The summed E-state index contributed by atoms with van der Waals surface area (Å²) >= 11 is 4.05. The molecule has 1 N–H and O–H groups in total. The Hall–Kier alpha value is -1.48. The highest BCUT2D eigenvalue weighted by molar-refractivity contribution is 9.09. The summed E-state index contributed by atoms with van der Waals surface area (Å²) in [4.78, 5) is 0.606. The van der Waals surface area contributed by atoms with Gasteiger partial charge < -0.3 is 10.1 Å². The Balaban J connectivity index is 1.43. The van der Waals surface area contributed by atoms with Crippen molar-refractivity contribution in [2.24, 2.45) is 17.3 Å². The summed E-state index contributed by atoms with van der Waals surface area (Å²) in [6.07, 6.45) is 7.68. The lowest BCUT2D eigenvalue weighted by Crippen LogP contribution is -2.55. The Morgan fingerprint density at radius 1 is 1.07 bits per heavy atom. The van der Waals surface area contributed by atoms with Gasteiger partial charge in [-0.2, -0.15) is 0 Å². The topological polar surface area (TPSA) is 21.3 Å². The highest BCUT2D eigenvalue weighted by atomic mass is 79.9. The summed E-state index contributed by atoms with van der Waals surface area (Å²) in [5.74, 6) is 3.30. The minimum Gasteiger partial charge on any atom is -0.497 e. The van der Waals surface area contributed by atoms with Crippen LogP contribution in [-0.4, -0.2) is 18.0 Å². The third kappa shape index (κ3) is 3.47. The van der Waals surface area contributed by atoms with Gasteiger partial charge in [-0.3, -0.25) is 0 Å². The fourth-order valence-corrected chi connectivity index (χ4v) is 7.66. The van der Waals surface area contributed by atoms with Gasteiger partial charge in [0.15, 0.2) is 0 Å². The maximum absolute atomic E-state index is 5.50. The number of alkyl halides is 1. The molecular formula is C27H34BrNO. The van der Waals surface area contributed by atoms with Crippen LogP contribution in [0.5, 0.6) is 5.75 Å². The van der Waals surface area contributed by atoms with Gasteiger partial charge in [0.25, 0.3) is 0 Å². The van der Waals surface area contributed by atoms with Crippen LogP contribution in [0, 0.1) is 24.2 Å². The van der Waals surface area contributed by atoms with E-state index in [1.54, 1.807) is 12.7 Å². The lowest BCUT2D eigenvalue weighted by molar-refractivity contribution is -0.0109. The lowest BCUT2D eigenvalue weighted by atomic mass is 9.49. The minimum atomic E-state index is 0.361. The second kappa shape index (κ2) is 7.89. The molecule has 2 aromatic rings. The van der Waals surface area contributed by atoms with Crippen LogP contribution in [0.2, 0.25) is 0 Å². The molecule has 2 fully saturated rings. The summed E-state index contributed by atoms with van der Waals surface area (Å²) in [6.45, 7) is 4.75. The lowest BCUT2D eigenvalue weighted by Gasteiger charge is -2.58. The molecule has 2 saturated carbocycles. The minimum absolute atomic E-state index is 0.361. The maximum atomic E-state index is 5.50. The van der Waals surface area contributed by atoms with Crippen molar-refractivity contribution in [2.75, 3.05) is 12.4 Å². The van der Waals surface area contributed by atoms with Crippen LogP contribution < -0.4 is 10.1 Å². The van der Waals surface area contributed by atoms with Crippen molar-refractivity contribution in [1.82, 2.24) is 0 Å². The number of hydrogen-bond acceptors (Lipinski definition) is 2.